The lowest BCUT2D eigenvalue weighted by Gasteiger charge is -2.20. The molecule has 2 aliphatic rings. The maximum Gasteiger partial charge on any atom is 0.330 e. The average Bonchev–Trinajstić information content (AvgIpc) is 2.61. The Bertz CT molecular complexity index is 328. The van der Waals surface area contributed by atoms with Crippen LogP contribution in [0, 0.1) is 0 Å². The van der Waals surface area contributed by atoms with E-state index in [1.54, 1.807) is 0 Å². The Morgan fingerprint density at radius 1 is 0.938 bits per heavy atom. The van der Waals surface area contributed by atoms with Crippen LogP contribution in [0.1, 0.15) is 38.5 Å². The molecule has 2 saturated heterocycles. The molecule has 0 unspecified atom stereocenters. The summed E-state index contributed by atoms with van der Waals surface area (Å²) in [5.41, 5.74) is 1.39. The molecule has 1 aromatic rings. The fraction of sp³-hybridized carbons (Fsp3) is 0.571. The van der Waals surface area contributed by atoms with Gasteiger partial charge >= 0.3 is 6.92 Å². The highest BCUT2D eigenvalue weighted by atomic mass is 16.4. The molecule has 2 fully saturated rings. The van der Waals surface area contributed by atoms with Crippen molar-refractivity contribution in [3.05, 3.63) is 30.3 Å². The maximum atomic E-state index is 6.32. The molecule has 0 aliphatic carbocycles. The summed E-state index contributed by atoms with van der Waals surface area (Å²) in [5, 5.41) is 0. The minimum Gasteiger partial charge on any atom is -0.428 e. The largest absolute Gasteiger partial charge is 0.428 e. The number of hydrogen-bond acceptors (Lipinski definition) is 1. The third-order valence-corrected chi connectivity index (χ3v) is 4.10. The molecular weight excluding hydrogens is 195 g/mol. The number of rotatable bonds is 1. The first-order chi connectivity index (χ1) is 7.93. The van der Waals surface area contributed by atoms with Crippen LogP contribution in [0.3, 0.4) is 0 Å². The molecule has 3 rings (SSSR count). The van der Waals surface area contributed by atoms with Gasteiger partial charge in [-0.15, -0.1) is 0 Å². The van der Waals surface area contributed by atoms with Gasteiger partial charge in [-0.25, -0.2) is 0 Å². The summed E-state index contributed by atoms with van der Waals surface area (Å²) in [6, 6.07) is 10.8. The normalized spacial score (nSPS) is 29.9. The zero-order chi connectivity index (χ0) is 10.8. The Labute approximate surface area is 98.3 Å². The predicted octanol–water partition coefficient (Wildman–Crippen LogP) is 3.01. The third kappa shape index (κ3) is 2.03. The van der Waals surface area contributed by atoms with Crippen LogP contribution in [0.4, 0.5) is 0 Å². The van der Waals surface area contributed by atoms with E-state index in [0.717, 1.165) is 5.82 Å². The quantitative estimate of drug-likeness (QED) is 0.653. The molecule has 1 aromatic carbocycles. The van der Waals surface area contributed by atoms with Gasteiger partial charge in [-0.05, 0) is 24.1 Å². The van der Waals surface area contributed by atoms with Crippen molar-refractivity contribution in [2.75, 3.05) is 0 Å². The van der Waals surface area contributed by atoms with Crippen LogP contribution in [0.25, 0.3) is 0 Å². The van der Waals surface area contributed by atoms with E-state index in [4.69, 9.17) is 4.65 Å². The zero-order valence-corrected chi connectivity index (χ0v) is 9.77. The number of fused-ring (bicyclic) bond motifs is 3. The van der Waals surface area contributed by atoms with Crippen molar-refractivity contribution in [2.24, 2.45) is 0 Å². The Balaban J connectivity index is 1.88. The molecule has 16 heavy (non-hydrogen) atoms. The van der Waals surface area contributed by atoms with Gasteiger partial charge in [0.25, 0.3) is 0 Å². The van der Waals surface area contributed by atoms with Gasteiger partial charge in [0.1, 0.15) is 0 Å². The van der Waals surface area contributed by atoms with Crippen LogP contribution in [-0.4, -0.2) is 13.0 Å². The highest BCUT2D eigenvalue weighted by Crippen LogP contribution is 2.35. The van der Waals surface area contributed by atoms with Crippen LogP contribution < -0.4 is 5.46 Å². The molecule has 2 heterocycles. The first-order valence-electron chi connectivity index (χ1n) is 6.64. The average molecular weight is 214 g/mol. The second-order valence-electron chi connectivity index (χ2n) is 5.21. The van der Waals surface area contributed by atoms with Gasteiger partial charge < -0.3 is 4.65 Å². The van der Waals surface area contributed by atoms with Crippen molar-refractivity contribution in [1.29, 1.82) is 0 Å². The summed E-state index contributed by atoms with van der Waals surface area (Å²) < 4.78 is 6.32. The smallest absolute Gasteiger partial charge is 0.330 e. The lowest BCUT2D eigenvalue weighted by Crippen LogP contribution is -2.38. The summed E-state index contributed by atoms with van der Waals surface area (Å²) in [7, 11) is 0. The third-order valence-electron chi connectivity index (χ3n) is 4.10. The van der Waals surface area contributed by atoms with E-state index >= 15 is 0 Å². The molecule has 2 bridgehead atoms. The van der Waals surface area contributed by atoms with Crippen LogP contribution in [0.5, 0.6) is 0 Å². The molecule has 0 aromatic heterocycles. The lowest BCUT2D eigenvalue weighted by atomic mass is 9.49. The molecule has 0 spiro atoms. The minimum absolute atomic E-state index is 0.371. The Hall–Kier alpha value is -0.755. The van der Waals surface area contributed by atoms with E-state index in [1.165, 1.54) is 44.0 Å². The highest BCUT2D eigenvalue weighted by Gasteiger charge is 2.36. The summed E-state index contributed by atoms with van der Waals surface area (Å²) in [6.07, 6.45) is 8.51. The van der Waals surface area contributed by atoms with Gasteiger partial charge in [0.2, 0.25) is 0 Å². The van der Waals surface area contributed by atoms with Gasteiger partial charge in [0.15, 0.2) is 0 Å². The fourth-order valence-electron chi connectivity index (χ4n) is 3.25. The van der Waals surface area contributed by atoms with Crippen LogP contribution in [-0.2, 0) is 4.65 Å². The molecule has 2 aliphatic heterocycles. The Morgan fingerprint density at radius 2 is 1.62 bits per heavy atom. The minimum atomic E-state index is 0.371. The molecular formula is C14H19BO. The first kappa shape index (κ1) is 10.4. The Kier molecular flexibility index (Phi) is 3.01. The SMILES string of the molecule is c1ccc(B2OC3CCCC2CCC3)cc1. The van der Waals surface area contributed by atoms with Crippen molar-refractivity contribution >= 4 is 12.4 Å². The van der Waals surface area contributed by atoms with Gasteiger partial charge in [0, 0.05) is 6.10 Å². The van der Waals surface area contributed by atoms with Crippen LogP contribution >= 0.6 is 0 Å². The van der Waals surface area contributed by atoms with E-state index in [2.05, 4.69) is 30.3 Å². The van der Waals surface area contributed by atoms with E-state index < -0.39 is 0 Å². The van der Waals surface area contributed by atoms with Crippen molar-refractivity contribution < 1.29 is 4.65 Å². The van der Waals surface area contributed by atoms with Crippen molar-refractivity contribution in [1.82, 2.24) is 0 Å². The van der Waals surface area contributed by atoms with E-state index in [-0.39, 0.29) is 0 Å². The lowest BCUT2D eigenvalue weighted by molar-refractivity contribution is 0.191. The molecule has 0 radical (unpaired) electrons. The van der Waals surface area contributed by atoms with Crippen molar-refractivity contribution in [3.63, 3.8) is 0 Å². The standard InChI is InChI=1S/C14H19BO/c1-2-6-12(7-3-1)15-13-8-4-10-14(16-15)11-5-9-13/h1-3,6-7,13-14H,4-5,8-11H2. The second kappa shape index (κ2) is 4.62. The summed E-state index contributed by atoms with van der Waals surface area (Å²) in [4.78, 5) is 0. The van der Waals surface area contributed by atoms with Crippen LogP contribution in [0.2, 0.25) is 5.82 Å². The molecule has 0 saturated carbocycles. The topological polar surface area (TPSA) is 9.23 Å². The molecule has 0 amide bonds. The summed E-state index contributed by atoms with van der Waals surface area (Å²) in [6.45, 7) is 0.371. The molecule has 84 valence electrons. The van der Waals surface area contributed by atoms with E-state index in [9.17, 15) is 0 Å². The summed E-state index contributed by atoms with van der Waals surface area (Å²) >= 11 is 0. The molecule has 2 heteroatoms. The summed E-state index contributed by atoms with van der Waals surface area (Å²) in [5.74, 6) is 0.759. The molecule has 0 atom stereocenters. The second-order valence-corrected chi connectivity index (χ2v) is 5.21. The van der Waals surface area contributed by atoms with E-state index in [1.807, 2.05) is 0 Å². The fourth-order valence-corrected chi connectivity index (χ4v) is 3.25. The van der Waals surface area contributed by atoms with Crippen LogP contribution in [0.15, 0.2) is 30.3 Å². The maximum absolute atomic E-state index is 6.32. The van der Waals surface area contributed by atoms with E-state index in [0.29, 0.717) is 13.0 Å². The monoisotopic (exact) mass is 214 g/mol. The molecule has 0 N–H and O–H groups in total. The van der Waals surface area contributed by atoms with Gasteiger partial charge in [0.05, 0.1) is 0 Å². The predicted molar refractivity (Wildman–Crippen MR) is 68.2 cm³/mol. The van der Waals surface area contributed by atoms with Crippen molar-refractivity contribution in [3.8, 4) is 0 Å². The number of hydrogen-bond donors (Lipinski definition) is 0. The van der Waals surface area contributed by atoms with Gasteiger partial charge in [-0.2, -0.15) is 0 Å². The van der Waals surface area contributed by atoms with Crippen molar-refractivity contribution in [2.45, 2.75) is 50.4 Å². The van der Waals surface area contributed by atoms with Gasteiger partial charge in [-0.3, -0.25) is 0 Å². The number of benzene rings is 1. The molecule has 1 nitrogen and oxygen atoms in total. The van der Waals surface area contributed by atoms with Gasteiger partial charge in [-0.1, -0.05) is 56.0 Å². The first-order valence-corrected chi connectivity index (χ1v) is 6.64. The zero-order valence-electron chi connectivity index (χ0n) is 9.77. The Morgan fingerprint density at radius 3 is 2.31 bits per heavy atom. The highest BCUT2D eigenvalue weighted by molar-refractivity contribution is 6.68.